The molecular weight excluding hydrogens is 376 g/mol. The summed E-state index contributed by atoms with van der Waals surface area (Å²) in [5.74, 6) is -0.198. The van der Waals surface area contributed by atoms with Gasteiger partial charge in [-0.25, -0.2) is 14.8 Å². The van der Waals surface area contributed by atoms with Crippen LogP contribution < -0.4 is 9.47 Å². The Morgan fingerprint density at radius 3 is 2.69 bits per heavy atom. The first-order valence-electron chi connectivity index (χ1n) is 8.79. The molecule has 2 aromatic carbocycles. The topological polar surface area (TPSA) is 122 Å². The zero-order valence-electron chi connectivity index (χ0n) is 15.6. The van der Waals surface area contributed by atoms with E-state index in [1.54, 1.807) is 48.7 Å². The second-order valence-electron chi connectivity index (χ2n) is 6.18. The molecule has 8 heteroatoms. The Hall–Kier alpha value is -3.65. The van der Waals surface area contributed by atoms with E-state index in [9.17, 15) is 15.0 Å². The van der Waals surface area contributed by atoms with Gasteiger partial charge < -0.3 is 24.8 Å². The van der Waals surface area contributed by atoms with E-state index >= 15 is 0 Å². The number of benzene rings is 2. The highest BCUT2D eigenvalue weighted by Gasteiger charge is 2.17. The van der Waals surface area contributed by atoms with Crippen molar-refractivity contribution in [2.24, 2.45) is 0 Å². The fraction of sp³-hybridized carbons (Fsp3) is 0.190. The molecule has 0 bridgehead atoms. The van der Waals surface area contributed by atoms with E-state index in [0.717, 1.165) is 0 Å². The third-order valence-corrected chi connectivity index (χ3v) is 4.20. The molecule has 0 radical (unpaired) electrons. The molecular formula is C21H20N2O6. The number of aromatic nitrogens is 2. The van der Waals surface area contributed by atoms with Crippen molar-refractivity contribution in [3.05, 3.63) is 66.0 Å². The van der Waals surface area contributed by atoms with Crippen molar-refractivity contribution in [1.82, 2.24) is 9.97 Å². The van der Waals surface area contributed by atoms with Crippen LogP contribution in [-0.4, -0.2) is 44.5 Å². The van der Waals surface area contributed by atoms with Crippen LogP contribution in [0.2, 0.25) is 0 Å². The monoisotopic (exact) mass is 396 g/mol. The molecule has 0 spiro atoms. The molecule has 0 aliphatic carbocycles. The molecule has 1 unspecified atom stereocenters. The number of aliphatic hydroxyl groups excluding tert-OH is 1. The van der Waals surface area contributed by atoms with Crippen molar-refractivity contribution in [3.8, 4) is 28.6 Å². The van der Waals surface area contributed by atoms with E-state index in [1.165, 1.54) is 13.2 Å². The number of phenols is 1. The first kappa shape index (κ1) is 20.1. The van der Waals surface area contributed by atoms with Crippen LogP contribution in [0, 0.1) is 0 Å². The molecule has 0 saturated heterocycles. The lowest BCUT2D eigenvalue weighted by Crippen LogP contribution is -2.22. The molecule has 0 amide bonds. The number of hydrogen-bond donors (Lipinski definition) is 3. The predicted octanol–water partition coefficient (Wildman–Crippen LogP) is 2.42. The third kappa shape index (κ3) is 4.80. The summed E-state index contributed by atoms with van der Waals surface area (Å²) in [4.78, 5) is 19.6. The highest BCUT2D eigenvalue weighted by molar-refractivity contribution is 5.72. The quantitative estimate of drug-likeness (QED) is 0.531. The molecule has 0 aliphatic heterocycles. The molecule has 1 heterocycles. The second kappa shape index (κ2) is 9.03. The number of hydrogen-bond acceptors (Lipinski definition) is 7. The van der Waals surface area contributed by atoms with Crippen molar-refractivity contribution >= 4 is 5.97 Å². The van der Waals surface area contributed by atoms with E-state index in [4.69, 9.17) is 14.6 Å². The maximum absolute atomic E-state index is 10.9. The van der Waals surface area contributed by atoms with Gasteiger partial charge in [-0.05, 0) is 29.8 Å². The van der Waals surface area contributed by atoms with Gasteiger partial charge in [0.15, 0.2) is 23.4 Å². The fourth-order valence-corrected chi connectivity index (χ4v) is 2.78. The number of aliphatic hydroxyl groups is 1. The Morgan fingerprint density at radius 2 is 1.93 bits per heavy atom. The molecule has 150 valence electrons. The van der Waals surface area contributed by atoms with Gasteiger partial charge in [0.1, 0.15) is 12.4 Å². The molecule has 8 nitrogen and oxygen atoms in total. The summed E-state index contributed by atoms with van der Waals surface area (Å²) in [5, 5.41) is 28.5. The Morgan fingerprint density at radius 1 is 1.14 bits per heavy atom. The summed E-state index contributed by atoms with van der Waals surface area (Å²) < 4.78 is 11.0. The Bertz CT molecular complexity index is 1010. The van der Waals surface area contributed by atoms with Gasteiger partial charge in [-0.15, -0.1) is 0 Å². The number of carboxylic acid groups (broad SMARTS) is 1. The maximum atomic E-state index is 10.9. The van der Waals surface area contributed by atoms with Crippen molar-refractivity contribution < 1.29 is 29.6 Å². The van der Waals surface area contributed by atoms with Crippen LogP contribution >= 0.6 is 0 Å². The lowest BCUT2D eigenvalue weighted by atomic mass is 10.1. The van der Waals surface area contributed by atoms with Gasteiger partial charge in [-0.3, -0.25) is 0 Å². The van der Waals surface area contributed by atoms with Crippen molar-refractivity contribution in [1.29, 1.82) is 0 Å². The average Bonchev–Trinajstić information content (AvgIpc) is 2.73. The summed E-state index contributed by atoms with van der Waals surface area (Å²) in [7, 11) is 1.45. The predicted molar refractivity (Wildman–Crippen MR) is 104 cm³/mol. The molecule has 1 aromatic heterocycles. The molecule has 0 saturated carbocycles. The second-order valence-corrected chi connectivity index (χ2v) is 6.18. The summed E-state index contributed by atoms with van der Waals surface area (Å²) in [6.07, 6.45) is -0.00495. The molecule has 29 heavy (non-hydrogen) atoms. The number of phenolic OH excluding ortho intramolecular Hbond substituents is 1. The van der Waals surface area contributed by atoms with Crippen LogP contribution in [0.25, 0.3) is 11.4 Å². The van der Waals surface area contributed by atoms with Crippen LogP contribution in [0.1, 0.15) is 11.3 Å². The Balaban J connectivity index is 1.79. The SMILES string of the molecule is COc1c(O)cccc1-c1nccc(COc2ccccc2CC(O)C(=O)O)n1. The van der Waals surface area contributed by atoms with Crippen LogP contribution in [0.15, 0.2) is 54.7 Å². The number of rotatable bonds is 8. The number of carboxylic acids is 1. The summed E-state index contributed by atoms with van der Waals surface area (Å²) in [6.45, 7) is 0.108. The largest absolute Gasteiger partial charge is 0.504 e. The van der Waals surface area contributed by atoms with Gasteiger partial charge in [-0.2, -0.15) is 0 Å². The highest BCUT2D eigenvalue weighted by atomic mass is 16.5. The molecule has 0 fully saturated rings. The average molecular weight is 396 g/mol. The van der Waals surface area contributed by atoms with Crippen LogP contribution in [0.5, 0.6) is 17.2 Å². The zero-order chi connectivity index (χ0) is 20.8. The van der Waals surface area contributed by atoms with E-state index in [1.807, 2.05) is 0 Å². The van der Waals surface area contributed by atoms with E-state index in [-0.39, 0.29) is 24.5 Å². The lowest BCUT2D eigenvalue weighted by Gasteiger charge is -2.13. The Kier molecular flexibility index (Phi) is 6.25. The highest BCUT2D eigenvalue weighted by Crippen LogP contribution is 2.35. The number of para-hydroxylation sites is 2. The standard InChI is InChI=1S/C21H20N2O6/c1-28-19-15(6-4-7-16(19)24)20-22-10-9-14(23-20)12-29-18-8-3-2-5-13(18)11-17(25)21(26)27/h2-10,17,24-25H,11-12H2,1H3,(H,26,27). The smallest absolute Gasteiger partial charge is 0.332 e. The summed E-state index contributed by atoms with van der Waals surface area (Å²) in [5.41, 5.74) is 1.69. The van der Waals surface area contributed by atoms with Gasteiger partial charge in [0.05, 0.1) is 18.4 Å². The van der Waals surface area contributed by atoms with E-state index in [0.29, 0.717) is 28.4 Å². The number of ether oxygens (including phenoxy) is 2. The number of aromatic hydroxyl groups is 1. The van der Waals surface area contributed by atoms with E-state index in [2.05, 4.69) is 9.97 Å². The number of aliphatic carboxylic acids is 1. The van der Waals surface area contributed by atoms with Crippen molar-refractivity contribution in [2.45, 2.75) is 19.1 Å². The van der Waals surface area contributed by atoms with Gasteiger partial charge >= 0.3 is 5.97 Å². The normalized spacial score (nSPS) is 11.7. The van der Waals surface area contributed by atoms with E-state index < -0.39 is 12.1 Å². The van der Waals surface area contributed by atoms with Crippen LogP contribution in [0.4, 0.5) is 0 Å². The minimum Gasteiger partial charge on any atom is -0.504 e. The van der Waals surface area contributed by atoms with Crippen molar-refractivity contribution in [2.75, 3.05) is 7.11 Å². The molecule has 3 aromatic rings. The third-order valence-electron chi connectivity index (χ3n) is 4.20. The minimum absolute atomic E-state index is 0.0128. The van der Waals surface area contributed by atoms with Gasteiger partial charge in [0.2, 0.25) is 0 Å². The van der Waals surface area contributed by atoms with Crippen LogP contribution in [-0.2, 0) is 17.8 Å². The summed E-state index contributed by atoms with van der Waals surface area (Å²) in [6, 6.07) is 13.5. The number of carbonyl (C=O) groups is 1. The van der Waals surface area contributed by atoms with Crippen molar-refractivity contribution in [3.63, 3.8) is 0 Å². The lowest BCUT2D eigenvalue weighted by molar-refractivity contribution is -0.146. The Labute approximate surface area is 167 Å². The molecule has 1 atom stereocenters. The maximum Gasteiger partial charge on any atom is 0.332 e. The molecule has 3 N–H and O–H groups in total. The fourth-order valence-electron chi connectivity index (χ4n) is 2.78. The first-order chi connectivity index (χ1) is 14.0. The number of methoxy groups -OCH3 is 1. The molecule has 3 rings (SSSR count). The zero-order valence-corrected chi connectivity index (χ0v) is 15.6. The van der Waals surface area contributed by atoms with Gasteiger partial charge in [0, 0.05) is 12.6 Å². The van der Waals surface area contributed by atoms with Gasteiger partial charge in [0.25, 0.3) is 0 Å². The molecule has 0 aliphatic rings. The van der Waals surface area contributed by atoms with Gasteiger partial charge in [-0.1, -0.05) is 24.3 Å². The minimum atomic E-state index is -1.51. The first-order valence-corrected chi connectivity index (χ1v) is 8.79. The number of nitrogens with zero attached hydrogens (tertiary/aromatic N) is 2. The summed E-state index contributed by atoms with van der Waals surface area (Å²) >= 11 is 0. The van der Waals surface area contributed by atoms with Crippen LogP contribution in [0.3, 0.4) is 0 Å².